The molecule has 0 saturated carbocycles. The molecule has 142 valence electrons. The van der Waals surface area contributed by atoms with Crippen LogP contribution in [0, 0.1) is 0 Å². The van der Waals surface area contributed by atoms with Crippen LogP contribution in [-0.4, -0.2) is 55.0 Å². The first-order chi connectivity index (χ1) is 13.0. The molecule has 0 spiro atoms. The number of hydrogen-bond acceptors (Lipinski definition) is 5. The maximum Gasteiger partial charge on any atom is 0.274 e. The maximum absolute atomic E-state index is 12.6. The summed E-state index contributed by atoms with van der Waals surface area (Å²) in [4.78, 5) is 32.2. The standard InChI is InChI=1S/C19H21ClN4O3/c1-13(25)23-7-9-24(10-8-23)15-5-6-21-17(12-15)19(26)22-16-11-14(20)3-4-18(16)27-2/h3-6,11-12H,7-10H2,1-2H3,(H,22,26). The largest absolute Gasteiger partial charge is 0.495 e. The van der Waals surface area contributed by atoms with E-state index in [0.29, 0.717) is 48.3 Å². The Morgan fingerprint density at radius 3 is 2.56 bits per heavy atom. The van der Waals surface area contributed by atoms with Crippen LogP contribution in [0.4, 0.5) is 11.4 Å². The fourth-order valence-electron chi connectivity index (χ4n) is 2.98. The second-order valence-electron chi connectivity index (χ2n) is 6.19. The van der Waals surface area contributed by atoms with Crippen LogP contribution in [0.3, 0.4) is 0 Å². The average molecular weight is 389 g/mol. The summed E-state index contributed by atoms with van der Waals surface area (Å²) in [5, 5.41) is 3.28. The van der Waals surface area contributed by atoms with Crippen LogP contribution in [0.5, 0.6) is 5.75 Å². The zero-order chi connectivity index (χ0) is 19.4. The Balaban J connectivity index is 1.73. The minimum atomic E-state index is -0.347. The van der Waals surface area contributed by atoms with Crippen molar-refractivity contribution in [3.63, 3.8) is 0 Å². The Kier molecular flexibility index (Phi) is 5.81. The summed E-state index contributed by atoms with van der Waals surface area (Å²) in [5.74, 6) is 0.254. The van der Waals surface area contributed by atoms with Gasteiger partial charge >= 0.3 is 0 Å². The number of hydrogen-bond donors (Lipinski definition) is 1. The molecule has 7 nitrogen and oxygen atoms in total. The van der Waals surface area contributed by atoms with Crippen molar-refractivity contribution >= 4 is 34.8 Å². The molecule has 0 unspecified atom stereocenters. The van der Waals surface area contributed by atoms with Gasteiger partial charge < -0.3 is 19.9 Å². The van der Waals surface area contributed by atoms with Gasteiger partial charge in [-0.3, -0.25) is 14.6 Å². The smallest absolute Gasteiger partial charge is 0.274 e. The highest BCUT2D eigenvalue weighted by atomic mass is 35.5. The normalized spacial score (nSPS) is 14.0. The van der Waals surface area contributed by atoms with Gasteiger partial charge in [-0.1, -0.05) is 11.6 Å². The first-order valence-electron chi connectivity index (χ1n) is 8.59. The topological polar surface area (TPSA) is 74.8 Å². The van der Waals surface area contributed by atoms with E-state index in [1.165, 1.54) is 7.11 Å². The number of nitrogens with zero attached hydrogens (tertiary/aromatic N) is 3. The van der Waals surface area contributed by atoms with Crippen molar-refractivity contribution in [2.45, 2.75) is 6.92 Å². The Bertz CT molecular complexity index is 851. The zero-order valence-corrected chi connectivity index (χ0v) is 16.0. The van der Waals surface area contributed by atoms with Crippen molar-refractivity contribution in [3.8, 4) is 5.75 Å². The van der Waals surface area contributed by atoms with Crippen molar-refractivity contribution in [2.75, 3.05) is 43.5 Å². The van der Waals surface area contributed by atoms with Gasteiger partial charge in [-0.25, -0.2) is 0 Å². The monoisotopic (exact) mass is 388 g/mol. The molecule has 8 heteroatoms. The second kappa shape index (κ2) is 8.26. The van der Waals surface area contributed by atoms with Crippen molar-refractivity contribution in [3.05, 3.63) is 47.2 Å². The predicted octanol–water partition coefficient (Wildman–Crippen LogP) is 2.66. The highest BCUT2D eigenvalue weighted by Crippen LogP contribution is 2.28. The number of ether oxygens (including phenoxy) is 1. The van der Waals surface area contributed by atoms with Crippen molar-refractivity contribution in [1.82, 2.24) is 9.88 Å². The molecule has 1 aromatic heterocycles. The number of aromatic nitrogens is 1. The van der Waals surface area contributed by atoms with E-state index in [1.54, 1.807) is 37.4 Å². The van der Waals surface area contributed by atoms with E-state index in [1.807, 2.05) is 11.0 Å². The molecule has 1 aliphatic heterocycles. The Morgan fingerprint density at radius 2 is 1.89 bits per heavy atom. The minimum Gasteiger partial charge on any atom is -0.495 e. The third-order valence-electron chi connectivity index (χ3n) is 4.48. The molecule has 1 aliphatic rings. The summed E-state index contributed by atoms with van der Waals surface area (Å²) in [6.07, 6.45) is 1.61. The van der Waals surface area contributed by atoms with E-state index >= 15 is 0 Å². The van der Waals surface area contributed by atoms with E-state index in [0.717, 1.165) is 5.69 Å². The number of rotatable bonds is 4. The number of benzene rings is 1. The van der Waals surface area contributed by atoms with E-state index < -0.39 is 0 Å². The van der Waals surface area contributed by atoms with E-state index in [-0.39, 0.29) is 11.8 Å². The number of piperazine rings is 1. The van der Waals surface area contributed by atoms with Gasteiger partial charge in [0.05, 0.1) is 12.8 Å². The zero-order valence-electron chi connectivity index (χ0n) is 15.2. The molecule has 2 aromatic rings. The molecule has 1 fully saturated rings. The number of amides is 2. The molecule has 1 saturated heterocycles. The number of pyridine rings is 1. The molecule has 0 atom stereocenters. The SMILES string of the molecule is COc1ccc(Cl)cc1NC(=O)c1cc(N2CCN(C(C)=O)CC2)ccn1. The van der Waals surface area contributed by atoms with E-state index in [4.69, 9.17) is 16.3 Å². The average Bonchev–Trinajstić information content (AvgIpc) is 2.68. The van der Waals surface area contributed by atoms with Gasteiger partial charge in [0.15, 0.2) is 0 Å². The summed E-state index contributed by atoms with van der Waals surface area (Å²) in [5.41, 5.74) is 1.68. The summed E-state index contributed by atoms with van der Waals surface area (Å²) in [6.45, 7) is 4.34. The molecular weight excluding hydrogens is 368 g/mol. The van der Waals surface area contributed by atoms with E-state index in [2.05, 4.69) is 15.2 Å². The van der Waals surface area contributed by atoms with Gasteiger partial charge in [0.25, 0.3) is 5.91 Å². The highest BCUT2D eigenvalue weighted by molar-refractivity contribution is 6.31. The third-order valence-corrected chi connectivity index (χ3v) is 4.71. The van der Waals surface area contributed by atoms with Crippen LogP contribution in [0.1, 0.15) is 17.4 Å². The van der Waals surface area contributed by atoms with Crippen LogP contribution >= 0.6 is 11.6 Å². The molecule has 1 aromatic carbocycles. The van der Waals surface area contributed by atoms with Crippen molar-refractivity contribution in [2.24, 2.45) is 0 Å². The van der Waals surface area contributed by atoms with E-state index in [9.17, 15) is 9.59 Å². The van der Waals surface area contributed by atoms with Gasteiger partial charge in [0.2, 0.25) is 5.91 Å². The molecule has 2 heterocycles. The van der Waals surface area contributed by atoms with Gasteiger partial charge in [-0.2, -0.15) is 0 Å². The van der Waals surface area contributed by atoms with Crippen LogP contribution in [-0.2, 0) is 4.79 Å². The number of nitrogens with one attached hydrogen (secondary N) is 1. The predicted molar refractivity (Wildman–Crippen MR) is 105 cm³/mol. The lowest BCUT2D eigenvalue weighted by Crippen LogP contribution is -2.48. The Morgan fingerprint density at radius 1 is 1.15 bits per heavy atom. The number of carbonyl (C=O) groups excluding carboxylic acids is 2. The third kappa shape index (κ3) is 4.49. The van der Waals surface area contributed by atoms with Crippen molar-refractivity contribution in [1.29, 1.82) is 0 Å². The molecule has 3 rings (SSSR count). The van der Waals surface area contributed by atoms with Crippen LogP contribution in [0.2, 0.25) is 5.02 Å². The van der Waals surface area contributed by atoms with Gasteiger partial charge in [0.1, 0.15) is 11.4 Å². The molecular formula is C19H21ClN4O3. The van der Waals surface area contributed by atoms with Crippen LogP contribution < -0.4 is 15.0 Å². The Hall–Kier alpha value is -2.80. The lowest BCUT2D eigenvalue weighted by atomic mass is 10.2. The minimum absolute atomic E-state index is 0.0833. The van der Waals surface area contributed by atoms with Crippen molar-refractivity contribution < 1.29 is 14.3 Å². The summed E-state index contributed by atoms with van der Waals surface area (Å²) >= 11 is 6.01. The fraction of sp³-hybridized carbons (Fsp3) is 0.316. The van der Waals surface area contributed by atoms with Gasteiger partial charge in [0, 0.05) is 50.0 Å². The quantitative estimate of drug-likeness (QED) is 0.871. The summed E-state index contributed by atoms with van der Waals surface area (Å²) < 4.78 is 5.25. The fourth-order valence-corrected chi connectivity index (χ4v) is 3.16. The number of methoxy groups -OCH3 is 1. The second-order valence-corrected chi connectivity index (χ2v) is 6.63. The highest BCUT2D eigenvalue weighted by Gasteiger charge is 2.20. The molecule has 27 heavy (non-hydrogen) atoms. The first kappa shape index (κ1) is 19.0. The molecule has 0 bridgehead atoms. The lowest BCUT2D eigenvalue weighted by molar-refractivity contribution is -0.129. The number of carbonyl (C=O) groups is 2. The van der Waals surface area contributed by atoms with Crippen LogP contribution in [0.15, 0.2) is 36.5 Å². The molecule has 0 aliphatic carbocycles. The Labute approximate surface area is 162 Å². The molecule has 0 radical (unpaired) electrons. The first-order valence-corrected chi connectivity index (χ1v) is 8.97. The summed E-state index contributed by atoms with van der Waals surface area (Å²) in [7, 11) is 1.53. The lowest BCUT2D eigenvalue weighted by Gasteiger charge is -2.35. The number of anilines is 2. The number of halogens is 1. The van der Waals surface area contributed by atoms with Crippen LogP contribution in [0.25, 0.3) is 0 Å². The molecule has 2 amide bonds. The van der Waals surface area contributed by atoms with Gasteiger partial charge in [-0.05, 0) is 30.3 Å². The summed E-state index contributed by atoms with van der Waals surface area (Å²) in [6, 6.07) is 8.62. The maximum atomic E-state index is 12.6. The van der Waals surface area contributed by atoms with Gasteiger partial charge in [-0.15, -0.1) is 0 Å². The molecule has 1 N–H and O–H groups in total.